The molecule has 5 heteroatoms. The van der Waals surface area contributed by atoms with Crippen molar-refractivity contribution in [2.24, 2.45) is 7.05 Å². The van der Waals surface area contributed by atoms with Crippen LogP contribution in [0, 0.1) is 0 Å². The largest absolute Gasteiger partial charge is 0.491 e. The van der Waals surface area contributed by atoms with Crippen LogP contribution in [0.5, 0.6) is 11.6 Å². The highest BCUT2D eigenvalue weighted by Crippen LogP contribution is 2.09. The molecule has 0 fully saturated rings. The topological polar surface area (TPSA) is 53.4 Å². The molecule has 0 N–H and O–H groups in total. The van der Waals surface area contributed by atoms with Crippen LogP contribution in [0.3, 0.4) is 0 Å². The molecule has 1 heterocycles. The smallest absolute Gasteiger partial charge is 0.309 e. The summed E-state index contributed by atoms with van der Waals surface area (Å²) in [5, 5.41) is 3.80. The zero-order chi connectivity index (χ0) is 9.14. The van der Waals surface area contributed by atoms with Gasteiger partial charge in [0.15, 0.2) is 5.75 Å². The first-order valence-electron chi connectivity index (χ1n) is 3.35. The molecule has 0 bridgehead atoms. The predicted molar refractivity (Wildman–Crippen MR) is 42.6 cm³/mol. The number of aryl methyl sites for hydroxylation is 1. The van der Waals surface area contributed by atoms with Gasteiger partial charge in [-0.1, -0.05) is 0 Å². The lowest BCUT2D eigenvalue weighted by Gasteiger charge is -2.04. The first kappa shape index (κ1) is 8.58. The fourth-order valence-corrected chi connectivity index (χ4v) is 0.801. The molecule has 0 saturated heterocycles. The van der Waals surface area contributed by atoms with Crippen molar-refractivity contribution in [2.45, 2.75) is 0 Å². The SMILES string of the molecule is COc1cc(OC)c(=O)n(C)n1. The summed E-state index contributed by atoms with van der Waals surface area (Å²) in [6.07, 6.45) is 0. The third kappa shape index (κ3) is 1.39. The van der Waals surface area contributed by atoms with E-state index in [1.807, 2.05) is 0 Å². The van der Waals surface area contributed by atoms with Crippen LogP contribution in [-0.2, 0) is 7.05 Å². The molecule has 0 aliphatic heterocycles. The van der Waals surface area contributed by atoms with E-state index in [0.717, 1.165) is 4.68 Å². The van der Waals surface area contributed by atoms with Crippen molar-refractivity contribution in [3.8, 4) is 11.6 Å². The molecule has 66 valence electrons. The Bertz CT molecular complexity index is 332. The maximum absolute atomic E-state index is 11.2. The second-order valence-electron chi connectivity index (χ2n) is 2.18. The Morgan fingerprint density at radius 1 is 1.42 bits per heavy atom. The monoisotopic (exact) mass is 170 g/mol. The molecular formula is C7H10N2O3. The van der Waals surface area contributed by atoms with Crippen molar-refractivity contribution in [2.75, 3.05) is 14.2 Å². The van der Waals surface area contributed by atoms with Crippen molar-refractivity contribution < 1.29 is 9.47 Å². The molecule has 0 amide bonds. The Hall–Kier alpha value is -1.52. The third-order valence-electron chi connectivity index (χ3n) is 1.44. The molecule has 0 aromatic carbocycles. The Morgan fingerprint density at radius 3 is 2.58 bits per heavy atom. The first-order valence-corrected chi connectivity index (χ1v) is 3.35. The van der Waals surface area contributed by atoms with Crippen LogP contribution in [0.4, 0.5) is 0 Å². The molecule has 1 aromatic rings. The summed E-state index contributed by atoms with van der Waals surface area (Å²) < 4.78 is 10.8. The number of rotatable bonds is 2. The lowest BCUT2D eigenvalue weighted by atomic mass is 10.5. The quantitative estimate of drug-likeness (QED) is 0.616. The van der Waals surface area contributed by atoms with Gasteiger partial charge in [0.05, 0.1) is 14.2 Å². The van der Waals surface area contributed by atoms with Crippen molar-refractivity contribution >= 4 is 0 Å². The highest BCUT2D eigenvalue weighted by atomic mass is 16.5. The summed E-state index contributed by atoms with van der Waals surface area (Å²) in [6, 6.07) is 1.45. The molecule has 0 atom stereocenters. The summed E-state index contributed by atoms with van der Waals surface area (Å²) in [7, 11) is 4.44. The van der Waals surface area contributed by atoms with Gasteiger partial charge in [-0.25, -0.2) is 4.68 Å². The molecule has 5 nitrogen and oxygen atoms in total. The minimum absolute atomic E-state index is 0.226. The molecule has 0 spiro atoms. The molecule has 0 saturated carbocycles. The zero-order valence-corrected chi connectivity index (χ0v) is 7.20. The second-order valence-corrected chi connectivity index (χ2v) is 2.18. The molecule has 0 aliphatic rings. The van der Waals surface area contributed by atoms with Gasteiger partial charge in [0.2, 0.25) is 5.88 Å². The minimum atomic E-state index is -0.279. The molecule has 0 aliphatic carbocycles. The number of nitrogens with zero attached hydrogens (tertiary/aromatic N) is 2. The Labute approximate surface area is 69.5 Å². The molecule has 12 heavy (non-hydrogen) atoms. The lowest BCUT2D eigenvalue weighted by Crippen LogP contribution is -2.21. The van der Waals surface area contributed by atoms with E-state index in [9.17, 15) is 4.79 Å². The van der Waals surface area contributed by atoms with Gasteiger partial charge < -0.3 is 9.47 Å². The van der Waals surface area contributed by atoms with E-state index in [1.54, 1.807) is 0 Å². The number of aromatic nitrogens is 2. The first-order chi connectivity index (χ1) is 5.69. The standard InChI is InChI=1S/C7H10N2O3/c1-9-7(10)5(11-2)4-6(8-9)12-3/h4H,1-3H3. The summed E-state index contributed by atoms with van der Waals surface area (Å²) in [6.45, 7) is 0. The second kappa shape index (κ2) is 3.25. The Balaban J connectivity index is 3.29. The van der Waals surface area contributed by atoms with Crippen LogP contribution in [0.1, 0.15) is 0 Å². The van der Waals surface area contributed by atoms with E-state index in [1.165, 1.54) is 27.3 Å². The van der Waals surface area contributed by atoms with Crippen LogP contribution in [0.15, 0.2) is 10.9 Å². The highest BCUT2D eigenvalue weighted by Gasteiger charge is 2.04. The maximum atomic E-state index is 11.2. The summed E-state index contributed by atoms with van der Waals surface area (Å²) in [5.41, 5.74) is -0.279. The lowest BCUT2D eigenvalue weighted by molar-refractivity contribution is 0.360. The van der Waals surface area contributed by atoms with Crippen LogP contribution in [0.2, 0.25) is 0 Å². The van der Waals surface area contributed by atoms with Crippen LogP contribution in [0.25, 0.3) is 0 Å². The number of hydrogen-bond acceptors (Lipinski definition) is 4. The summed E-state index contributed by atoms with van der Waals surface area (Å²) >= 11 is 0. The number of ether oxygens (including phenoxy) is 2. The van der Waals surface area contributed by atoms with Crippen molar-refractivity contribution in [3.63, 3.8) is 0 Å². The highest BCUT2D eigenvalue weighted by molar-refractivity contribution is 5.23. The molecule has 1 aromatic heterocycles. The van der Waals surface area contributed by atoms with Gasteiger partial charge in [0, 0.05) is 13.1 Å². The van der Waals surface area contributed by atoms with E-state index in [2.05, 4.69) is 5.10 Å². The zero-order valence-electron chi connectivity index (χ0n) is 7.20. The van der Waals surface area contributed by atoms with Crippen molar-refractivity contribution in [3.05, 3.63) is 16.4 Å². The normalized spacial score (nSPS) is 9.58. The Kier molecular flexibility index (Phi) is 2.32. The number of hydrogen-bond donors (Lipinski definition) is 0. The van der Waals surface area contributed by atoms with E-state index in [4.69, 9.17) is 9.47 Å². The summed E-state index contributed by atoms with van der Waals surface area (Å²) in [4.78, 5) is 11.2. The van der Waals surface area contributed by atoms with Crippen LogP contribution in [-0.4, -0.2) is 24.0 Å². The van der Waals surface area contributed by atoms with Gasteiger partial charge in [0.25, 0.3) is 0 Å². The van der Waals surface area contributed by atoms with Crippen LogP contribution < -0.4 is 15.0 Å². The molecular weight excluding hydrogens is 160 g/mol. The maximum Gasteiger partial charge on any atom is 0.309 e. The van der Waals surface area contributed by atoms with Gasteiger partial charge in [0.1, 0.15) is 0 Å². The summed E-state index contributed by atoms with van der Waals surface area (Å²) in [5.74, 6) is 0.582. The number of methoxy groups -OCH3 is 2. The van der Waals surface area contributed by atoms with E-state index >= 15 is 0 Å². The van der Waals surface area contributed by atoms with Crippen molar-refractivity contribution in [1.82, 2.24) is 9.78 Å². The van der Waals surface area contributed by atoms with Gasteiger partial charge in [-0.15, -0.1) is 5.10 Å². The van der Waals surface area contributed by atoms with Gasteiger partial charge in [-0.05, 0) is 0 Å². The van der Waals surface area contributed by atoms with Crippen molar-refractivity contribution in [1.29, 1.82) is 0 Å². The van der Waals surface area contributed by atoms with Gasteiger partial charge in [-0.2, -0.15) is 0 Å². The molecule has 0 unspecified atom stereocenters. The van der Waals surface area contributed by atoms with E-state index in [0.29, 0.717) is 5.88 Å². The fourth-order valence-electron chi connectivity index (χ4n) is 0.801. The van der Waals surface area contributed by atoms with E-state index < -0.39 is 0 Å². The minimum Gasteiger partial charge on any atom is -0.491 e. The molecule has 0 radical (unpaired) electrons. The van der Waals surface area contributed by atoms with E-state index in [-0.39, 0.29) is 11.3 Å². The van der Waals surface area contributed by atoms with Crippen LogP contribution >= 0.6 is 0 Å². The van der Waals surface area contributed by atoms with Gasteiger partial charge >= 0.3 is 5.56 Å². The molecule has 1 rings (SSSR count). The third-order valence-corrected chi connectivity index (χ3v) is 1.44. The fraction of sp³-hybridized carbons (Fsp3) is 0.429. The average molecular weight is 170 g/mol. The predicted octanol–water partition coefficient (Wildman–Crippen LogP) is -0.203. The average Bonchev–Trinajstić information content (AvgIpc) is 2.09. The van der Waals surface area contributed by atoms with Gasteiger partial charge in [-0.3, -0.25) is 4.79 Å². The Morgan fingerprint density at radius 2 is 2.08 bits per heavy atom.